The largest absolute Gasteiger partial charge is 0.397 e. The number of anilines is 1. The van der Waals surface area contributed by atoms with Gasteiger partial charge < -0.3 is 5.73 Å². The molecule has 0 bridgehead atoms. The molecule has 0 aliphatic rings. The average Bonchev–Trinajstić information content (AvgIpc) is 2.26. The van der Waals surface area contributed by atoms with Gasteiger partial charge in [0.2, 0.25) is 0 Å². The van der Waals surface area contributed by atoms with Gasteiger partial charge in [-0.3, -0.25) is 0 Å². The Morgan fingerprint density at radius 3 is 3.00 bits per heavy atom. The lowest BCUT2D eigenvalue weighted by Crippen LogP contribution is -1.98. The predicted octanol–water partition coefficient (Wildman–Crippen LogP) is 2.67. The second kappa shape index (κ2) is 5.62. The summed E-state index contributed by atoms with van der Waals surface area (Å²) in [6, 6.07) is 3.79. The van der Waals surface area contributed by atoms with E-state index >= 15 is 0 Å². The van der Waals surface area contributed by atoms with Crippen molar-refractivity contribution in [2.45, 2.75) is 25.3 Å². The zero-order valence-electron chi connectivity index (χ0n) is 9.03. The topological polar surface area (TPSA) is 62.7 Å². The van der Waals surface area contributed by atoms with E-state index in [4.69, 9.17) is 11.0 Å². The molecule has 0 amide bonds. The molecule has 4 heteroatoms. The lowest BCUT2D eigenvalue weighted by Gasteiger charge is -2.08. The SMILES string of the molecule is CCC(C)CSc1ncc(N)cc1C#N. The van der Waals surface area contributed by atoms with E-state index in [0.29, 0.717) is 17.2 Å². The van der Waals surface area contributed by atoms with Gasteiger partial charge in [0.1, 0.15) is 11.1 Å². The second-order valence-corrected chi connectivity index (χ2v) is 4.57. The summed E-state index contributed by atoms with van der Waals surface area (Å²) in [5.74, 6) is 1.63. The summed E-state index contributed by atoms with van der Waals surface area (Å²) in [6.07, 6.45) is 2.74. The quantitative estimate of drug-likeness (QED) is 0.794. The van der Waals surface area contributed by atoms with Crippen molar-refractivity contribution in [3.63, 3.8) is 0 Å². The summed E-state index contributed by atoms with van der Waals surface area (Å²) in [5, 5.41) is 9.69. The summed E-state index contributed by atoms with van der Waals surface area (Å²) >= 11 is 1.62. The lowest BCUT2D eigenvalue weighted by atomic mass is 10.2. The van der Waals surface area contributed by atoms with Crippen molar-refractivity contribution in [1.29, 1.82) is 5.26 Å². The number of thioether (sulfide) groups is 1. The van der Waals surface area contributed by atoms with E-state index in [2.05, 4.69) is 24.9 Å². The van der Waals surface area contributed by atoms with Crippen LogP contribution in [0.4, 0.5) is 5.69 Å². The van der Waals surface area contributed by atoms with Crippen molar-refractivity contribution < 1.29 is 0 Å². The van der Waals surface area contributed by atoms with Crippen molar-refractivity contribution in [1.82, 2.24) is 4.98 Å². The molecule has 80 valence electrons. The number of rotatable bonds is 4. The van der Waals surface area contributed by atoms with Gasteiger partial charge in [0.25, 0.3) is 0 Å². The van der Waals surface area contributed by atoms with Crippen LogP contribution in [0.1, 0.15) is 25.8 Å². The first kappa shape index (κ1) is 11.9. The average molecular weight is 221 g/mol. The van der Waals surface area contributed by atoms with E-state index in [-0.39, 0.29) is 0 Å². The third kappa shape index (κ3) is 3.45. The van der Waals surface area contributed by atoms with E-state index in [9.17, 15) is 0 Å². The summed E-state index contributed by atoms with van der Waals surface area (Å²) in [6.45, 7) is 4.35. The molecule has 0 aromatic carbocycles. The maximum absolute atomic E-state index is 8.91. The first-order valence-corrected chi connectivity index (χ1v) is 5.94. The molecule has 0 aliphatic heterocycles. The third-order valence-corrected chi connectivity index (χ3v) is 3.53. The summed E-state index contributed by atoms with van der Waals surface area (Å²) in [7, 11) is 0. The summed E-state index contributed by atoms with van der Waals surface area (Å²) in [4.78, 5) is 4.17. The van der Waals surface area contributed by atoms with Crippen LogP contribution in [-0.2, 0) is 0 Å². The van der Waals surface area contributed by atoms with Crippen LogP contribution in [0.2, 0.25) is 0 Å². The number of aromatic nitrogens is 1. The van der Waals surface area contributed by atoms with Gasteiger partial charge in [0.05, 0.1) is 17.4 Å². The standard InChI is InChI=1S/C11H15N3S/c1-3-8(2)7-15-11-9(5-12)4-10(13)6-14-11/h4,6,8H,3,7,13H2,1-2H3. The zero-order valence-corrected chi connectivity index (χ0v) is 9.84. The van der Waals surface area contributed by atoms with Crippen LogP contribution in [0.5, 0.6) is 0 Å². The maximum Gasteiger partial charge on any atom is 0.114 e. The molecule has 1 aromatic heterocycles. The third-order valence-electron chi connectivity index (χ3n) is 2.19. The maximum atomic E-state index is 8.91. The Hall–Kier alpha value is -1.21. The molecule has 1 atom stereocenters. The number of hydrogen-bond acceptors (Lipinski definition) is 4. The van der Waals surface area contributed by atoms with E-state index in [1.165, 1.54) is 0 Å². The van der Waals surface area contributed by atoms with E-state index < -0.39 is 0 Å². The summed E-state index contributed by atoms with van der Waals surface area (Å²) in [5.41, 5.74) is 6.68. The molecule has 3 nitrogen and oxygen atoms in total. The fraction of sp³-hybridized carbons (Fsp3) is 0.455. The number of pyridine rings is 1. The van der Waals surface area contributed by atoms with E-state index in [0.717, 1.165) is 17.2 Å². The molecule has 2 N–H and O–H groups in total. The highest BCUT2D eigenvalue weighted by Gasteiger charge is 2.07. The van der Waals surface area contributed by atoms with Crippen molar-refractivity contribution in [2.24, 2.45) is 5.92 Å². The van der Waals surface area contributed by atoms with Crippen LogP contribution < -0.4 is 5.73 Å². The Balaban J connectivity index is 2.73. The van der Waals surface area contributed by atoms with Gasteiger partial charge in [-0.2, -0.15) is 5.26 Å². The molecule has 0 fully saturated rings. The highest BCUT2D eigenvalue weighted by molar-refractivity contribution is 7.99. The number of nitrogens with zero attached hydrogens (tertiary/aromatic N) is 2. The van der Waals surface area contributed by atoms with Crippen molar-refractivity contribution >= 4 is 17.4 Å². The fourth-order valence-electron chi connectivity index (χ4n) is 1.00. The molecular weight excluding hydrogens is 206 g/mol. The molecule has 15 heavy (non-hydrogen) atoms. The van der Waals surface area contributed by atoms with Crippen LogP contribution in [0, 0.1) is 17.2 Å². The highest BCUT2D eigenvalue weighted by Crippen LogP contribution is 2.24. The van der Waals surface area contributed by atoms with Crippen LogP contribution in [0.25, 0.3) is 0 Å². The minimum atomic E-state index is 0.541. The Morgan fingerprint density at radius 1 is 1.67 bits per heavy atom. The fourth-order valence-corrected chi connectivity index (χ4v) is 2.07. The molecule has 1 heterocycles. The van der Waals surface area contributed by atoms with Gasteiger partial charge in [-0.1, -0.05) is 20.3 Å². The molecule has 1 aromatic rings. The molecule has 0 aliphatic carbocycles. The molecular formula is C11H15N3S. The Bertz CT molecular complexity index is 371. The minimum absolute atomic E-state index is 0.541. The first-order valence-electron chi connectivity index (χ1n) is 4.95. The minimum Gasteiger partial charge on any atom is -0.397 e. The molecule has 0 saturated carbocycles. The molecule has 1 unspecified atom stereocenters. The normalized spacial score (nSPS) is 12.1. The number of nitrogens with two attached hydrogens (primary N) is 1. The van der Waals surface area contributed by atoms with Gasteiger partial charge >= 0.3 is 0 Å². The molecule has 0 spiro atoms. The van der Waals surface area contributed by atoms with Crippen LogP contribution in [-0.4, -0.2) is 10.7 Å². The summed E-state index contributed by atoms with van der Waals surface area (Å²) < 4.78 is 0. The van der Waals surface area contributed by atoms with Crippen molar-refractivity contribution in [2.75, 3.05) is 11.5 Å². The van der Waals surface area contributed by atoms with Gasteiger partial charge in [0, 0.05) is 5.75 Å². The van der Waals surface area contributed by atoms with Crippen LogP contribution in [0.3, 0.4) is 0 Å². The zero-order chi connectivity index (χ0) is 11.3. The Kier molecular flexibility index (Phi) is 4.44. The van der Waals surface area contributed by atoms with E-state index in [1.807, 2.05) is 0 Å². The molecule has 0 saturated heterocycles. The predicted molar refractivity (Wildman–Crippen MR) is 63.5 cm³/mol. The number of nitriles is 1. The van der Waals surface area contributed by atoms with Gasteiger partial charge in [0.15, 0.2) is 0 Å². The van der Waals surface area contributed by atoms with Gasteiger partial charge in [-0.05, 0) is 12.0 Å². The van der Waals surface area contributed by atoms with Crippen LogP contribution >= 0.6 is 11.8 Å². The monoisotopic (exact) mass is 221 g/mol. The molecule has 0 radical (unpaired) electrons. The Labute approximate surface area is 94.7 Å². The number of hydrogen-bond donors (Lipinski definition) is 1. The van der Waals surface area contributed by atoms with Crippen molar-refractivity contribution in [3.05, 3.63) is 17.8 Å². The number of nitrogen functional groups attached to an aromatic ring is 1. The first-order chi connectivity index (χ1) is 7.17. The van der Waals surface area contributed by atoms with Gasteiger partial charge in [-0.25, -0.2) is 4.98 Å². The lowest BCUT2D eigenvalue weighted by molar-refractivity contribution is 0.636. The Morgan fingerprint density at radius 2 is 2.40 bits per heavy atom. The van der Waals surface area contributed by atoms with E-state index in [1.54, 1.807) is 24.0 Å². The smallest absolute Gasteiger partial charge is 0.114 e. The highest BCUT2D eigenvalue weighted by atomic mass is 32.2. The van der Waals surface area contributed by atoms with Crippen molar-refractivity contribution in [3.8, 4) is 6.07 Å². The molecule has 1 rings (SSSR count). The second-order valence-electron chi connectivity index (χ2n) is 3.56. The van der Waals surface area contributed by atoms with Gasteiger partial charge in [-0.15, -0.1) is 11.8 Å². The van der Waals surface area contributed by atoms with Crippen LogP contribution in [0.15, 0.2) is 17.3 Å².